The van der Waals surface area contributed by atoms with E-state index in [-0.39, 0.29) is 24.3 Å². The SMILES string of the molecule is CCC(C)C1NC(=O)CN(c2cc(C)ccc2OC)C1=O. The predicted octanol–water partition coefficient (Wildman–Crippen LogP) is 1.88. The summed E-state index contributed by atoms with van der Waals surface area (Å²) >= 11 is 0. The van der Waals surface area contributed by atoms with Crippen molar-refractivity contribution in [3.8, 4) is 5.75 Å². The Morgan fingerprint density at radius 1 is 1.43 bits per heavy atom. The average molecular weight is 290 g/mol. The molecule has 0 aromatic heterocycles. The van der Waals surface area contributed by atoms with Crippen molar-refractivity contribution in [2.24, 2.45) is 5.92 Å². The molecule has 0 saturated carbocycles. The second-order valence-electron chi connectivity index (χ2n) is 5.53. The highest BCUT2D eigenvalue weighted by Crippen LogP contribution is 2.31. The minimum absolute atomic E-state index is 0.0333. The molecule has 114 valence electrons. The summed E-state index contributed by atoms with van der Waals surface area (Å²) < 4.78 is 5.33. The predicted molar refractivity (Wildman–Crippen MR) is 81.5 cm³/mol. The van der Waals surface area contributed by atoms with E-state index in [4.69, 9.17) is 4.74 Å². The Balaban J connectivity index is 2.40. The second-order valence-corrected chi connectivity index (χ2v) is 5.53. The maximum absolute atomic E-state index is 12.7. The van der Waals surface area contributed by atoms with Crippen LogP contribution < -0.4 is 15.0 Å². The molecule has 2 rings (SSSR count). The van der Waals surface area contributed by atoms with Crippen molar-refractivity contribution >= 4 is 17.5 Å². The fraction of sp³-hybridized carbons (Fsp3) is 0.500. The van der Waals surface area contributed by atoms with E-state index in [2.05, 4.69) is 5.32 Å². The number of anilines is 1. The highest BCUT2D eigenvalue weighted by Gasteiger charge is 2.37. The summed E-state index contributed by atoms with van der Waals surface area (Å²) in [5.41, 5.74) is 1.68. The number of hydrogen-bond donors (Lipinski definition) is 1. The summed E-state index contributed by atoms with van der Waals surface area (Å²) in [7, 11) is 1.56. The zero-order chi connectivity index (χ0) is 15.6. The smallest absolute Gasteiger partial charge is 0.250 e. The van der Waals surface area contributed by atoms with Crippen LogP contribution in [-0.2, 0) is 9.59 Å². The fourth-order valence-electron chi connectivity index (χ4n) is 2.51. The summed E-state index contributed by atoms with van der Waals surface area (Å²) in [6.45, 7) is 5.96. The Hall–Kier alpha value is -2.04. The van der Waals surface area contributed by atoms with Crippen LogP contribution in [0, 0.1) is 12.8 Å². The van der Waals surface area contributed by atoms with E-state index in [0.717, 1.165) is 12.0 Å². The van der Waals surface area contributed by atoms with Crippen molar-refractivity contribution in [3.63, 3.8) is 0 Å². The Kier molecular flexibility index (Phi) is 4.50. The number of amides is 2. The molecule has 1 aromatic carbocycles. The molecular formula is C16H22N2O3. The zero-order valence-electron chi connectivity index (χ0n) is 13.0. The van der Waals surface area contributed by atoms with Gasteiger partial charge in [0, 0.05) is 0 Å². The lowest BCUT2D eigenvalue weighted by atomic mass is 9.95. The Morgan fingerprint density at radius 3 is 2.76 bits per heavy atom. The maximum atomic E-state index is 12.7. The number of methoxy groups -OCH3 is 1. The van der Waals surface area contributed by atoms with Crippen molar-refractivity contribution < 1.29 is 14.3 Å². The standard InChI is InChI=1S/C16H22N2O3/c1-5-11(3)15-16(20)18(9-14(19)17-15)12-8-10(2)6-7-13(12)21-4/h6-8,11,15H,5,9H2,1-4H3,(H,17,19). The van der Waals surface area contributed by atoms with Gasteiger partial charge in [0.15, 0.2) is 0 Å². The van der Waals surface area contributed by atoms with E-state index in [1.807, 2.05) is 39.0 Å². The largest absolute Gasteiger partial charge is 0.495 e. The molecule has 5 heteroatoms. The molecule has 1 aliphatic heterocycles. The summed E-state index contributed by atoms with van der Waals surface area (Å²) in [6, 6.07) is 5.15. The van der Waals surface area contributed by atoms with Gasteiger partial charge in [-0.15, -0.1) is 0 Å². The van der Waals surface area contributed by atoms with Gasteiger partial charge < -0.3 is 10.1 Å². The molecule has 0 spiro atoms. The fourth-order valence-corrected chi connectivity index (χ4v) is 2.51. The molecular weight excluding hydrogens is 268 g/mol. The van der Waals surface area contributed by atoms with Crippen LogP contribution in [0.25, 0.3) is 0 Å². The van der Waals surface area contributed by atoms with Gasteiger partial charge in [-0.3, -0.25) is 14.5 Å². The molecule has 2 atom stereocenters. The molecule has 2 amide bonds. The Bertz CT molecular complexity index is 556. The number of rotatable bonds is 4. The normalized spacial score (nSPS) is 20.2. The molecule has 1 N–H and O–H groups in total. The number of hydrogen-bond acceptors (Lipinski definition) is 3. The lowest BCUT2D eigenvalue weighted by Gasteiger charge is -2.35. The maximum Gasteiger partial charge on any atom is 0.250 e. The van der Waals surface area contributed by atoms with Crippen LogP contribution in [0.5, 0.6) is 5.75 Å². The van der Waals surface area contributed by atoms with Crippen molar-refractivity contribution in [1.82, 2.24) is 5.32 Å². The van der Waals surface area contributed by atoms with Gasteiger partial charge >= 0.3 is 0 Å². The topological polar surface area (TPSA) is 58.6 Å². The van der Waals surface area contributed by atoms with Crippen LogP contribution in [0.4, 0.5) is 5.69 Å². The second kappa shape index (κ2) is 6.16. The summed E-state index contributed by atoms with van der Waals surface area (Å²) in [6.07, 6.45) is 0.829. The minimum atomic E-state index is -0.471. The number of nitrogens with zero attached hydrogens (tertiary/aromatic N) is 1. The number of ether oxygens (including phenoxy) is 1. The van der Waals surface area contributed by atoms with E-state index >= 15 is 0 Å². The quantitative estimate of drug-likeness (QED) is 0.921. The van der Waals surface area contributed by atoms with Gasteiger partial charge in [0.05, 0.1) is 12.8 Å². The third-order valence-corrected chi connectivity index (χ3v) is 3.99. The summed E-state index contributed by atoms with van der Waals surface area (Å²) in [5, 5.41) is 2.80. The highest BCUT2D eigenvalue weighted by atomic mass is 16.5. The van der Waals surface area contributed by atoms with Crippen LogP contribution >= 0.6 is 0 Å². The molecule has 1 heterocycles. The molecule has 1 aromatic rings. The van der Waals surface area contributed by atoms with Crippen LogP contribution in [0.15, 0.2) is 18.2 Å². The first-order valence-corrected chi connectivity index (χ1v) is 7.23. The first-order chi connectivity index (χ1) is 9.97. The lowest BCUT2D eigenvalue weighted by molar-refractivity contribution is -0.132. The number of carbonyl (C=O) groups is 2. The van der Waals surface area contributed by atoms with Crippen molar-refractivity contribution in [2.45, 2.75) is 33.2 Å². The van der Waals surface area contributed by atoms with E-state index in [0.29, 0.717) is 11.4 Å². The van der Waals surface area contributed by atoms with Gasteiger partial charge in [0.1, 0.15) is 18.3 Å². The lowest BCUT2D eigenvalue weighted by Crippen LogP contribution is -2.60. The van der Waals surface area contributed by atoms with E-state index < -0.39 is 6.04 Å². The molecule has 5 nitrogen and oxygen atoms in total. The van der Waals surface area contributed by atoms with E-state index in [9.17, 15) is 9.59 Å². The third-order valence-electron chi connectivity index (χ3n) is 3.99. The highest BCUT2D eigenvalue weighted by molar-refractivity contribution is 6.07. The number of carbonyl (C=O) groups excluding carboxylic acids is 2. The minimum Gasteiger partial charge on any atom is -0.495 e. The zero-order valence-corrected chi connectivity index (χ0v) is 13.0. The first-order valence-electron chi connectivity index (χ1n) is 7.23. The van der Waals surface area contributed by atoms with Gasteiger partial charge in [-0.05, 0) is 30.5 Å². The van der Waals surface area contributed by atoms with Crippen molar-refractivity contribution in [3.05, 3.63) is 23.8 Å². The molecule has 21 heavy (non-hydrogen) atoms. The molecule has 2 unspecified atom stereocenters. The number of aryl methyl sites for hydroxylation is 1. The third kappa shape index (κ3) is 3.01. The van der Waals surface area contributed by atoms with Crippen LogP contribution in [0.3, 0.4) is 0 Å². The molecule has 0 radical (unpaired) electrons. The van der Waals surface area contributed by atoms with Gasteiger partial charge in [-0.25, -0.2) is 0 Å². The first kappa shape index (κ1) is 15.4. The van der Waals surface area contributed by atoms with Crippen LogP contribution in [-0.4, -0.2) is 31.5 Å². The molecule has 1 fully saturated rings. The number of piperazine rings is 1. The number of nitrogens with one attached hydrogen (secondary N) is 1. The number of benzene rings is 1. The van der Waals surface area contributed by atoms with Gasteiger partial charge in [0.25, 0.3) is 0 Å². The Morgan fingerprint density at radius 2 is 2.14 bits per heavy atom. The molecule has 0 bridgehead atoms. The molecule has 1 aliphatic rings. The molecule has 1 saturated heterocycles. The van der Waals surface area contributed by atoms with Gasteiger partial charge in [-0.1, -0.05) is 26.3 Å². The van der Waals surface area contributed by atoms with Crippen molar-refractivity contribution in [1.29, 1.82) is 0 Å². The average Bonchev–Trinajstić information content (AvgIpc) is 2.48. The van der Waals surface area contributed by atoms with Gasteiger partial charge in [0.2, 0.25) is 11.8 Å². The van der Waals surface area contributed by atoms with Gasteiger partial charge in [-0.2, -0.15) is 0 Å². The van der Waals surface area contributed by atoms with Crippen LogP contribution in [0.2, 0.25) is 0 Å². The summed E-state index contributed by atoms with van der Waals surface area (Å²) in [5.74, 6) is 0.489. The molecule has 0 aliphatic carbocycles. The monoisotopic (exact) mass is 290 g/mol. The summed E-state index contributed by atoms with van der Waals surface area (Å²) in [4.78, 5) is 26.2. The Labute approximate surface area is 125 Å². The van der Waals surface area contributed by atoms with Crippen LogP contribution in [0.1, 0.15) is 25.8 Å². The van der Waals surface area contributed by atoms with E-state index in [1.54, 1.807) is 7.11 Å². The van der Waals surface area contributed by atoms with E-state index in [1.165, 1.54) is 4.90 Å². The van der Waals surface area contributed by atoms with Crippen molar-refractivity contribution in [2.75, 3.05) is 18.6 Å².